The van der Waals surface area contributed by atoms with Crippen LogP contribution in [-0.4, -0.2) is 29.3 Å². The molecule has 0 bridgehead atoms. The average molecular weight is 340 g/mol. The summed E-state index contributed by atoms with van der Waals surface area (Å²) in [6, 6.07) is 6.99. The van der Waals surface area contributed by atoms with Crippen LogP contribution in [-0.2, 0) is 4.74 Å². The van der Waals surface area contributed by atoms with Crippen LogP contribution in [0.2, 0.25) is 0 Å². The standard InChI is InChI=1S/C17H16N4O2S/c1-10-11(2)24-16-14(10)15(18-9-19-16)21-20-8-12-4-6-13(7-5-12)17(22)23-3/h4-9H,1-3H3,(H,18,19,21)/b20-8-. The molecule has 6 nitrogen and oxygen atoms in total. The Morgan fingerprint density at radius 2 is 2.00 bits per heavy atom. The second-order valence-electron chi connectivity index (χ2n) is 5.17. The van der Waals surface area contributed by atoms with Gasteiger partial charge in [-0.25, -0.2) is 14.8 Å². The van der Waals surface area contributed by atoms with Gasteiger partial charge >= 0.3 is 5.97 Å². The Morgan fingerprint density at radius 3 is 2.71 bits per heavy atom. The highest BCUT2D eigenvalue weighted by Gasteiger charge is 2.11. The van der Waals surface area contributed by atoms with Crippen LogP contribution in [0.5, 0.6) is 0 Å². The highest BCUT2D eigenvalue weighted by atomic mass is 32.1. The number of hydrogen-bond acceptors (Lipinski definition) is 7. The predicted octanol–water partition coefficient (Wildman–Crippen LogP) is 3.54. The molecular formula is C17H16N4O2S. The van der Waals surface area contributed by atoms with E-state index in [4.69, 9.17) is 0 Å². The molecule has 0 atom stereocenters. The number of nitrogens with one attached hydrogen (secondary N) is 1. The van der Waals surface area contributed by atoms with Crippen molar-refractivity contribution in [2.45, 2.75) is 13.8 Å². The van der Waals surface area contributed by atoms with Gasteiger partial charge in [0.1, 0.15) is 11.2 Å². The van der Waals surface area contributed by atoms with Crippen LogP contribution in [0.3, 0.4) is 0 Å². The molecule has 7 heteroatoms. The molecule has 0 saturated heterocycles. The van der Waals surface area contributed by atoms with E-state index < -0.39 is 0 Å². The van der Waals surface area contributed by atoms with Gasteiger partial charge in [0.15, 0.2) is 5.82 Å². The van der Waals surface area contributed by atoms with Gasteiger partial charge in [-0.1, -0.05) is 12.1 Å². The van der Waals surface area contributed by atoms with Crippen LogP contribution < -0.4 is 5.43 Å². The molecular weight excluding hydrogens is 324 g/mol. The zero-order chi connectivity index (χ0) is 17.1. The van der Waals surface area contributed by atoms with Crippen molar-refractivity contribution >= 4 is 39.6 Å². The zero-order valence-corrected chi connectivity index (χ0v) is 14.3. The average Bonchev–Trinajstić information content (AvgIpc) is 2.90. The molecule has 122 valence electrons. The van der Waals surface area contributed by atoms with Gasteiger partial charge in [0.2, 0.25) is 0 Å². The van der Waals surface area contributed by atoms with Crippen molar-refractivity contribution in [3.63, 3.8) is 0 Å². The van der Waals surface area contributed by atoms with Crippen LogP contribution in [0.4, 0.5) is 5.82 Å². The molecule has 2 aromatic heterocycles. The van der Waals surface area contributed by atoms with E-state index in [0.29, 0.717) is 11.4 Å². The number of nitrogens with zero attached hydrogens (tertiary/aromatic N) is 3. The quantitative estimate of drug-likeness (QED) is 0.446. The summed E-state index contributed by atoms with van der Waals surface area (Å²) >= 11 is 1.64. The smallest absolute Gasteiger partial charge is 0.337 e. The van der Waals surface area contributed by atoms with E-state index in [1.807, 2.05) is 0 Å². The number of methoxy groups -OCH3 is 1. The number of rotatable bonds is 4. The first-order valence-electron chi connectivity index (χ1n) is 7.28. The predicted molar refractivity (Wildman–Crippen MR) is 95.9 cm³/mol. The van der Waals surface area contributed by atoms with E-state index in [1.54, 1.807) is 41.8 Å². The van der Waals surface area contributed by atoms with E-state index in [-0.39, 0.29) is 5.97 Å². The van der Waals surface area contributed by atoms with Gasteiger partial charge in [-0.2, -0.15) is 5.10 Å². The lowest BCUT2D eigenvalue weighted by atomic mass is 10.1. The molecule has 1 N–H and O–H groups in total. The molecule has 3 rings (SSSR count). The number of thiophene rings is 1. The van der Waals surface area contributed by atoms with Crippen LogP contribution in [0, 0.1) is 13.8 Å². The first-order chi connectivity index (χ1) is 11.6. The first kappa shape index (κ1) is 16.1. The number of carbonyl (C=O) groups is 1. The first-order valence-corrected chi connectivity index (χ1v) is 8.10. The number of esters is 1. The van der Waals surface area contributed by atoms with Gasteiger partial charge < -0.3 is 4.74 Å². The summed E-state index contributed by atoms with van der Waals surface area (Å²) in [5.74, 6) is 0.326. The Hall–Kier alpha value is -2.80. The minimum Gasteiger partial charge on any atom is -0.465 e. The van der Waals surface area contributed by atoms with Gasteiger partial charge in [-0.15, -0.1) is 11.3 Å². The summed E-state index contributed by atoms with van der Waals surface area (Å²) in [7, 11) is 1.36. The van der Waals surface area contributed by atoms with Crippen LogP contribution in [0.1, 0.15) is 26.4 Å². The van der Waals surface area contributed by atoms with Crippen molar-refractivity contribution in [2.75, 3.05) is 12.5 Å². The molecule has 0 aliphatic rings. The maximum Gasteiger partial charge on any atom is 0.337 e. The number of aryl methyl sites for hydroxylation is 2. The Labute approximate surface area is 143 Å². The Bertz CT molecular complexity index is 916. The molecule has 0 aliphatic carbocycles. The van der Waals surface area contributed by atoms with Gasteiger partial charge in [-0.3, -0.25) is 5.43 Å². The Balaban J connectivity index is 1.78. The highest BCUT2D eigenvalue weighted by molar-refractivity contribution is 7.18. The molecule has 3 aromatic rings. The van der Waals surface area contributed by atoms with E-state index in [9.17, 15) is 4.79 Å². The third-order valence-corrected chi connectivity index (χ3v) is 4.80. The normalized spacial score (nSPS) is 11.1. The van der Waals surface area contributed by atoms with Gasteiger partial charge in [0.05, 0.1) is 24.3 Å². The fourth-order valence-corrected chi connectivity index (χ4v) is 3.26. The lowest BCUT2D eigenvalue weighted by Gasteiger charge is -2.02. The van der Waals surface area contributed by atoms with E-state index in [0.717, 1.165) is 21.3 Å². The molecule has 0 unspecified atom stereocenters. The fraction of sp³-hybridized carbons (Fsp3) is 0.176. The topological polar surface area (TPSA) is 76.5 Å². The molecule has 24 heavy (non-hydrogen) atoms. The molecule has 0 radical (unpaired) electrons. The summed E-state index contributed by atoms with van der Waals surface area (Å²) in [6.45, 7) is 4.12. The number of hydrogen-bond donors (Lipinski definition) is 1. The van der Waals surface area contributed by atoms with E-state index in [1.165, 1.54) is 18.3 Å². The third kappa shape index (κ3) is 3.11. The number of hydrazone groups is 1. The van der Waals surface area contributed by atoms with Crippen molar-refractivity contribution in [3.05, 3.63) is 52.2 Å². The number of fused-ring (bicyclic) bond motifs is 1. The molecule has 0 spiro atoms. The zero-order valence-electron chi connectivity index (χ0n) is 13.5. The largest absolute Gasteiger partial charge is 0.465 e. The summed E-state index contributed by atoms with van der Waals surface area (Å²) in [5, 5.41) is 5.23. The Kier molecular flexibility index (Phi) is 4.52. The molecule has 2 heterocycles. The van der Waals surface area contributed by atoms with Crippen molar-refractivity contribution in [2.24, 2.45) is 5.10 Å². The fourth-order valence-electron chi connectivity index (χ4n) is 2.26. The van der Waals surface area contributed by atoms with Gasteiger partial charge in [0.25, 0.3) is 0 Å². The second-order valence-corrected chi connectivity index (χ2v) is 6.37. The van der Waals surface area contributed by atoms with Crippen LogP contribution in [0.15, 0.2) is 35.7 Å². The number of ether oxygens (including phenoxy) is 1. The number of anilines is 1. The lowest BCUT2D eigenvalue weighted by molar-refractivity contribution is 0.0600. The lowest BCUT2D eigenvalue weighted by Crippen LogP contribution is -2.01. The summed E-state index contributed by atoms with van der Waals surface area (Å²) in [4.78, 5) is 22.1. The monoisotopic (exact) mass is 340 g/mol. The third-order valence-electron chi connectivity index (χ3n) is 3.68. The number of benzene rings is 1. The van der Waals surface area contributed by atoms with Crippen LogP contribution in [0.25, 0.3) is 10.2 Å². The van der Waals surface area contributed by atoms with Gasteiger partial charge in [0, 0.05) is 4.88 Å². The summed E-state index contributed by atoms with van der Waals surface area (Å²) in [5.41, 5.74) is 5.50. The maximum absolute atomic E-state index is 11.4. The van der Waals surface area contributed by atoms with Crippen molar-refractivity contribution < 1.29 is 9.53 Å². The highest BCUT2D eigenvalue weighted by Crippen LogP contribution is 2.32. The second kappa shape index (κ2) is 6.76. The molecule has 0 amide bonds. The summed E-state index contributed by atoms with van der Waals surface area (Å²) < 4.78 is 4.67. The summed E-state index contributed by atoms with van der Waals surface area (Å²) in [6.07, 6.45) is 3.20. The molecule has 0 aliphatic heterocycles. The van der Waals surface area contributed by atoms with Gasteiger partial charge in [-0.05, 0) is 37.1 Å². The van der Waals surface area contributed by atoms with Crippen molar-refractivity contribution in [1.82, 2.24) is 9.97 Å². The maximum atomic E-state index is 11.4. The minimum atomic E-state index is -0.358. The van der Waals surface area contributed by atoms with Crippen molar-refractivity contribution in [3.8, 4) is 0 Å². The Morgan fingerprint density at radius 1 is 1.25 bits per heavy atom. The van der Waals surface area contributed by atoms with E-state index >= 15 is 0 Å². The van der Waals surface area contributed by atoms with E-state index in [2.05, 4.69) is 39.1 Å². The number of aromatic nitrogens is 2. The van der Waals surface area contributed by atoms with Crippen LogP contribution >= 0.6 is 11.3 Å². The molecule has 0 fully saturated rings. The van der Waals surface area contributed by atoms with Crippen molar-refractivity contribution in [1.29, 1.82) is 0 Å². The SMILES string of the molecule is COC(=O)c1ccc(/C=N\Nc2ncnc3sc(C)c(C)c23)cc1. The number of carbonyl (C=O) groups excluding carboxylic acids is 1. The molecule has 0 saturated carbocycles. The minimum absolute atomic E-state index is 0.358. The molecule has 1 aromatic carbocycles.